The van der Waals surface area contributed by atoms with Crippen LogP contribution in [0.5, 0.6) is 0 Å². The van der Waals surface area contributed by atoms with Crippen LogP contribution < -0.4 is 0 Å². The fraction of sp³-hybridized carbons (Fsp3) is 0.941. The van der Waals surface area contributed by atoms with E-state index < -0.39 is 97.5 Å². The van der Waals surface area contributed by atoms with Crippen LogP contribution in [0, 0.1) is 5.92 Å². The maximum absolute atomic E-state index is 13.0. The highest BCUT2D eigenvalue weighted by molar-refractivity contribution is 7.47. The van der Waals surface area contributed by atoms with Crippen molar-refractivity contribution in [2.24, 2.45) is 5.92 Å². The molecule has 87 heavy (non-hydrogen) atoms. The number of aliphatic hydroxyl groups is 1. The van der Waals surface area contributed by atoms with Crippen LogP contribution in [0.1, 0.15) is 349 Å². The van der Waals surface area contributed by atoms with Crippen molar-refractivity contribution in [1.82, 2.24) is 0 Å². The summed E-state index contributed by atoms with van der Waals surface area (Å²) in [5, 5.41) is 10.6. The number of ether oxygens (including phenoxy) is 4. The molecule has 0 aromatic heterocycles. The minimum absolute atomic E-state index is 0.107. The lowest BCUT2D eigenvalue weighted by molar-refractivity contribution is -0.161. The smallest absolute Gasteiger partial charge is 0.462 e. The predicted molar refractivity (Wildman–Crippen MR) is 349 cm³/mol. The van der Waals surface area contributed by atoms with E-state index in [1.165, 1.54) is 173 Å². The molecule has 0 heterocycles. The van der Waals surface area contributed by atoms with Crippen LogP contribution in [0.2, 0.25) is 0 Å². The molecule has 0 aromatic carbocycles. The summed E-state index contributed by atoms with van der Waals surface area (Å²) in [6.45, 7) is 7.23. The average Bonchev–Trinajstić information content (AvgIpc) is 3.69. The minimum atomic E-state index is -4.95. The van der Waals surface area contributed by atoms with Gasteiger partial charge in [-0.3, -0.25) is 37.3 Å². The minimum Gasteiger partial charge on any atom is -0.462 e. The van der Waals surface area contributed by atoms with Crippen molar-refractivity contribution in [3.63, 3.8) is 0 Å². The van der Waals surface area contributed by atoms with E-state index in [-0.39, 0.29) is 25.7 Å². The van der Waals surface area contributed by atoms with Gasteiger partial charge in [0.25, 0.3) is 0 Å². The Kier molecular flexibility index (Phi) is 60.2. The second kappa shape index (κ2) is 61.6. The van der Waals surface area contributed by atoms with Gasteiger partial charge in [-0.25, -0.2) is 9.13 Å². The molecule has 0 aliphatic heterocycles. The van der Waals surface area contributed by atoms with E-state index in [2.05, 4.69) is 34.6 Å². The van der Waals surface area contributed by atoms with E-state index >= 15 is 0 Å². The van der Waals surface area contributed by atoms with E-state index in [1.54, 1.807) is 0 Å². The summed E-state index contributed by atoms with van der Waals surface area (Å²) in [5.41, 5.74) is 0. The molecule has 0 radical (unpaired) electrons. The zero-order valence-corrected chi connectivity index (χ0v) is 57.9. The van der Waals surface area contributed by atoms with Crippen LogP contribution in [0.3, 0.4) is 0 Å². The van der Waals surface area contributed by atoms with Crippen molar-refractivity contribution < 1.29 is 80.2 Å². The van der Waals surface area contributed by atoms with Crippen molar-refractivity contribution in [2.45, 2.75) is 368 Å². The molecule has 0 aliphatic rings. The molecule has 0 spiro atoms. The van der Waals surface area contributed by atoms with Crippen molar-refractivity contribution in [1.29, 1.82) is 0 Å². The first-order chi connectivity index (χ1) is 42.0. The number of phosphoric ester groups is 2. The number of aliphatic hydroxyl groups excluding tert-OH is 1. The third kappa shape index (κ3) is 62.6. The van der Waals surface area contributed by atoms with E-state index in [0.717, 1.165) is 95.8 Å². The highest BCUT2D eigenvalue weighted by atomic mass is 31.2. The highest BCUT2D eigenvalue weighted by Crippen LogP contribution is 2.45. The molecule has 0 saturated carbocycles. The molecule has 0 saturated heterocycles. The van der Waals surface area contributed by atoms with E-state index in [9.17, 15) is 43.2 Å². The highest BCUT2D eigenvalue weighted by Gasteiger charge is 2.30. The third-order valence-corrected chi connectivity index (χ3v) is 17.7. The van der Waals surface area contributed by atoms with E-state index in [1.807, 2.05) is 0 Å². The fourth-order valence-electron chi connectivity index (χ4n) is 10.3. The van der Waals surface area contributed by atoms with Gasteiger partial charge in [0.2, 0.25) is 0 Å². The molecule has 0 aliphatic carbocycles. The summed E-state index contributed by atoms with van der Waals surface area (Å²) in [6.07, 6.45) is 47.1. The number of carbonyl (C=O) groups is 4. The molecule has 5 atom stereocenters. The Bertz CT molecular complexity index is 1690. The Labute approximate surface area is 530 Å². The largest absolute Gasteiger partial charge is 0.472 e. The van der Waals surface area contributed by atoms with Crippen LogP contribution in [0.4, 0.5) is 0 Å². The molecular weight excluding hydrogens is 1150 g/mol. The van der Waals surface area contributed by atoms with Crippen molar-refractivity contribution in [2.75, 3.05) is 39.6 Å². The number of rotatable bonds is 68. The topological polar surface area (TPSA) is 237 Å². The molecule has 19 heteroatoms. The molecule has 2 unspecified atom stereocenters. The second-order valence-electron chi connectivity index (χ2n) is 25.0. The lowest BCUT2D eigenvalue weighted by Gasteiger charge is -2.21. The number of carbonyl (C=O) groups excluding carboxylic acids is 4. The van der Waals surface area contributed by atoms with Crippen molar-refractivity contribution in [3.8, 4) is 0 Å². The second-order valence-corrected chi connectivity index (χ2v) is 27.9. The zero-order valence-electron chi connectivity index (χ0n) is 56.2. The Morgan fingerprint density at radius 3 is 0.782 bits per heavy atom. The van der Waals surface area contributed by atoms with Crippen molar-refractivity contribution >= 4 is 39.5 Å². The molecule has 17 nitrogen and oxygen atoms in total. The normalized spacial score (nSPS) is 14.1. The summed E-state index contributed by atoms with van der Waals surface area (Å²) in [6, 6.07) is 0. The lowest BCUT2D eigenvalue weighted by Crippen LogP contribution is -2.30. The first-order valence-electron chi connectivity index (χ1n) is 35.6. The zero-order chi connectivity index (χ0) is 64.2. The SMILES string of the molecule is CCCCCCCCCCCCC(=O)OC[C@H](COP(=O)(O)OC[C@@H](O)COP(=O)(O)OC[C@@H](COC(=O)CCCCCCCCCCC)OC(=O)CCCCCCCCCCCC)OC(=O)CCCCCCCCCCCCCCCCCC(C)C. The average molecular weight is 1280 g/mol. The summed E-state index contributed by atoms with van der Waals surface area (Å²) in [7, 11) is -9.89. The molecular formula is C68H132O17P2. The van der Waals surface area contributed by atoms with Gasteiger partial charge in [-0.15, -0.1) is 0 Å². The van der Waals surface area contributed by atoms with Gasteiger partial charge in [0.15, 0.2) is 12.2 Å². The number of esters is 4. The molecule has 3 N–H and O–H groups in total. The Morgan fingerprint density at radius 1 is 0.310 bits per heavy atom. The number of hydrogen-bond acceptors (Lipinski definition) is 15. The first kappa shape index (κ1) is 85.1. The predicted octanol–water partition coefficient (Wildman–Crippen LogP) is 19.4. The van der Waals surface area contributed by atoms with E-state index in [4.69, 9.17) is 37.0 Å². The molecule has 0 aromatic rings. The van der Waals surface area contributed by atoms with Crippen LogP contribution in [-0.4, -0.2) is 96.7 Å². The molecule has 0 amide bonds. The number of hydrogen-bond donors (Lipinski definition) is 3. The van der Waals surface area contributed by atoms with E-state index in [0.29, 0.717) is 25.7 Å². The molecule has 0 fully saturated rings. The lowest BCUT2D eigenvalue weighted by atomic mass is 10.0. The molecule has 0 bridgehead atoms. The fourth-order valence-corrected chi connectivity index (χ4v) is 11.9. The van der Waals surface area contributed by atoms with Gasteiger partial charge in [0, 0.05) is 25.7 Å². The van der Waals surface area contributed by atoms with Gasteiger partial charge in [-0.05, 0) is 31.6 Å². The monoisotopic (exact) mass is 1280 g/mol. The maximum Gasteiger partial charge on any atom is 0.472 e. The van der Waals surface area contributed by atoms with Crippen molar-refractivity contribution in [3.05, 3.63) is 0 Å². The van der Waals surface area contributed by atoms with Crippen LogP contribution in [0.25, 0.3) is 0 Å². The third-order valence-electron chi connectivity index (χ3n) is 15.8. The Hall–Kier alpha value is -1.94. The summed E-state index contributed by atoms with van der Waals surface area (Å²) in [4.78, 5) is 72.3. The summed E-state index contributed by atoms with van der Waals surface area (Å²) in [5.74, 6) is -1.32. The van der Waals surface area contributed by atoms with Gasteiger partial charge in [-0.2, -0.15) is 0 Å². The summed E-state index contributed by atoms with van der Waals surface area (Å²) >= 11 is 0. The van der Waals surface area contributed by atoms with Crippen LogP contribution in [-0.2, 0) is 65.4 Å². The Morgan fingerprint density at radius 2 is 0.529 bits per heavy atom. The Balaban J connectivity index is 5.18. The van der Waals surface area contributed by atoms with Gasteiger partial charge in [-0.1, -0.05) is 298 Å². The number of phosphoric acid groups is 2. The first-order valence-corrected chi connectivity index (χ1v) is 38.6. The quantitative estimate of drug-likeness (QED) is 0.0222. The van der Waals surface area contributed by atoms with Gasteiger partial charge in [0.05, 0.1) is 26.4 Å². The standard InChI is InChI=1S/C68H132O17P2/c1-6-9-12-15-18-21-32-37-42-47-52-66(71)79-58-64(85-68(73)54-49-44-39-34-29-27-25-23-24-26-28-31-35-40-45-50-61(4)5)60-83-87(76,77)81-56-62(69)55-80-86(74,75)82-59-63(57-78-65(70)51-46-41-36-30-20-17-14-11-8-3)84-67(72)53-48-43-38-33-22-19-16-13-10-7-2/h61-64,69H,6-60H2,1-5H3,(H,74,75)(H,76,77)/t62-,63+,64+/m0/s1. The van der Waals surface area contributed by atoms with Crippen LogP contribution >= 0.6 is 15.6 Å². The van der Waals surface area contributed by atoms with Crippen LogP contribution in [0.15, 0.2) is 0 Å². The van der Waals surface area contributed by atoms with Gasteiger partial charge >= 0.3 is 39.5 Å². The number of unbranched alkanes of at least 4 members (excludes halogenated alkanes) is 40. The summed E-state index contributed by atoms with van der Waals surface area (Å²) < 4.78 is 68.1. The van der Waals surface area contributed by atoms with Gasteiger partial charge in [0.1, 0.15) is 19.3 Å². The van der Waals surface area contributed by atoms with Gasteiger partial charge < -0.3 is 33.8 Å². The maximum atomic E-state index is 13.0. The molecule has 0 rings (SSSR count). The molecule has 516 valence electrons.